The fourth-order valence-electron chi connectivity index (χ4n) is 5.41. The van der Waals surface area contributed by atoms with Crippen molar-refractivity contribution in [3.05, 3.63) is 105 Å². The average molecular weight is 758 g/mol. The SMILES string of the molecule is COCCOc1ccc(F)c(C(O)c2c[nH]c3ncc(OCCOCCOc4ccc(F)c(C(=O)c5c[nH]c6ncc(OC)cc56)c4Cl)cc23)c1Cl. The van der Waals surface area contributed by atoms with Gasteiger partial charge in [0.15, 0.2) is 5.78 Å². The lowest BCUT2D eigenvalue weighted by Gasteiger charge is -2.16. The Hall–Kier alpha value is -4.99. The summed E-state index contributed by atoms with van der Waals surface area (Å²) >= 11 is 12.9. The van der Waals surface area contributed by atoms with Crippen LogP contribution in [0, 0.1) is 11.6 Å². The fraction of sp³-hybridized carbons (Fsp3) is 0.250. The lowest BCUT2D eigenvalue weighted by atomic mass is 10.0. The van der Waals surface area contributed by atoms with Gasteiger partial charge in [-0.1, -0.05) is 23.2 Å². The molecule has 0 saturated heterocycles. The van der Waals surface area contributed by atoms with Gasteiger partial charge in [-0.15, -0.1) is 0 Å². The number of rotatable bonds is 17. The number of methoxy groups -OCH3 is 2. The molecule has 1 unspecified atom stereocenters. The van der Waals surface area contributed by atoms with Crippen LogP contribution in [0.2, 0.25) is 10.0 Å². The molecule has 3 N–H and O–H groups in total. The van der Waals surface area contributed by atoms with E-state index in [-0.39, 0.29) is 71.3 Å². The topological polar surface area (TPSA) is 150 Å². The zero-order valence-electron chi connectivity index (χ0n) is 27.8. The zero-order chi connectivity index (χ0) is 36.8. The van der Waals surface area contributed by atoms with Crippen molar-refractivity contribution in [2.75, 3.05) is 53.9 Å². The number of carbonyl (C=O) groups excluding carboxylic acids is 1. The third-order valence-electron chi connectivity index (χ3n) is 7.99. The number of benzene rings is 2. The van der Waals surface area contributed by atoms with Crippen LogP contribution in [-0.4, -0.2) is 84.7 Å². The van der Waals surface area contributed by atoms with E-state index in [1.807, 2.05) is 0 Å². The number of halogens is 4. The Morgan fingerprint density at radius 2 is 1.40 bits per heavy atom. The average Bonchev–Trinajstić information content (AvgIpc) is 3.77. The second-order valence-corrected chi connectivity index (χ2v) is 11.9. The number of ether oxygens (including phenoxy) is 6. The van der Waals surface area contributed by atoms with Gasteiger partial charge in [0.2, 0.25) is 0 Å². The maximum atomic E-state index is 14.9. The molecule has 0 aliphatic heterocycles. The smallest absolute Gasteiger partial charge is 0.199 e. The number of hydrogen-bond acceptors (Lipinski definition) is 10. The number of fused-ring (bicyclic) bond motifs is 2. The molecule has 0 aliphatic rings. The Morgan fingerprint density at radius 1 is 0.788 bits per heavy atom. The molecule has 1 atom stereocenters. The van der Waals surface area contributed by atoms with Crippen LogP contribution in [-0.2, 0) is 9.47 Å². The minimum atomic E-state index is -1.44. The van der Waals surface area contributed by atoms with Crippen LogP contribution in [0.15, 0.2) is 61.2 Å². The van der Waals surface area contributed by atoms with E-state index in [0.717, 1.165) is 6.07 Å². The molecule has 0 aliphatic carbocycles. The number of ketones is 1. The van der Waals surface area contributed by atoms with Gasteiger partial charge in [-0.2, -0.15) is 0 Å². The van der Waals surface area contributed by atoms with Gasteiger partial charge in [-0.25, -0.2) is 18.7 Å². The monoisotopic (exact) mass is 756 g/mol. The number of hydrogen-bond donors (Lipinski definition) is 3. The number of aliphatic hydroxyl groups is 1. The summed E-state index contributed by atoms with van der Waals surface area (Å²) in [6.45, 7) is 0.971. The van der Waals surface area contributed by atoms with Crippen molar-refractivity contribution >= 4 is 51.1 Å². The number of H-pyrrole nitrogens is 2. The molecule has 2 aromatic carbocycles. The van der Waals surface area contributed by atoms with E-state index in [0.29, 0.717) is 45.7 Å². The van der Waals surface area contributed by atoms with Crippen LogP contribution in [0.1, 0.15) is 33.2 Å². The van der Waals surface area contributed by atoms with Crippen molar-refractivity contribution in [2.45, 2.75) is 6.10 Å². The van der Waals surface area contributed by atoms with Gasteiger partial charge >= 0.3 is 0 Å². The normalized spacial score (nSPS) is 12.0. The van der Waals surface area contributed by atoms with Crippen molar-refractivity contribution in [3.8, 4) is 23.0 Å². The Kier molecular flexibility index (Phi) is 11.7. The predicted molar refractivity (Wildman–Crippen MR) is 188 cm³/mol. The minimum Gasteiger partial charge on any atom is -0.495 e. The van der Waals surface area contributed by atoms with Crippen molar-refractivity contribution in [3.63, 3.8) is 0 Å². The Balaban J connectivity index is 1.03. The van der Waals surface area contributed by atoms with Gasteiger partial charge in [-0.05, 0) is 36.4 Å². The lowest BCUT2D eigenvalue weighted by Crippen LogP contribution is -2.13. The molecule has 12 nitrogen and oxygen atoms in total. The van der Waals surface area contributed by atoms with Crippen LogP contribution < -0.4 is 18.9 Å². The first-order valence-electron chi connectivity index (χ1n) is 15.8. The number of nitrogens with one attached hydrogen (secondary N) is 2. The molecular formula is C36H32Cl2F2N4O8. The summed E-state index contributed by atoms with van der Waals surface area (Å²) in [5, 5.41) is 11.9. The summed E-state index contributed by atoms with van der Waals surface area (Å²) in [5.74, 6) is -1.02. The molecule has 16 heteroatoms. The van der Waals surface area contributed by atoms with E-state index >= 15 is 0 Å². The van der Waals surface area contributed by atoms with E-state index in [1.165, 1.54) is 57.2 Å². The fourth-order valence-corrected chi connectivity index (χ4v) is 6.02. The molecular weight excluding hydrogens is 725 g/mol. The molecule has 0 fully saturated rings. The Bertz CT molecular complexity index is 2210. The molecule has 272 valence electrons. The first-order valence-corrected chi connectivity index (χ1v) is 16.6. The second kappa shape index (κ2) is 16.6. The van der Waals surface area contributed by atoms with Crippen molar-refractivity contribution in [1.82, 2.24) is 19.9 Å². The van der Waals surface area contributed by atoms with E-state index in [2.05, 4.69) is 19.9 Å². The maximum Gasteiger partial charge on any atom is 0.199 e. The second-order valence-electron chi connectivity index (χ2n) is 11.2. The van der Waals surface area contributed by atoms with E-state index in [4.69, 9.17) is 51.6 Å². The van der Waals surface area contributed by atoms with Crippen LogP contribution in [0.5, 0.6) is 23.0 Å². The van der Waals surface area contributed by atoms with E-state index in [1.54, 1.807) is 12.1 Å². The summed E-state index contributed by atoms with van der Waals surface area (Å²) in [4.78, 5) is 27.8. The Morgan fingerprint density at radius 3 is 2.13 bits per heavy atom. The first kappa shape index (κ1) is 36.8. The largest absolute Gasteiger partial charge is 0.495 e. The number of aliphatic hydroxyl groups excluding tert-OH is 1. The lowest BCUT2D eigenvalue weighted by molar-refractivity contribution is 0.0763. The van der Waals surface area contributed by atoms with Crippen molar-refractivity contribution in [1.29, 1.82) is 0 Å². The van der Waals surface area contributed by atoms with Crippen LogP contribution >= 0.6 is 23.2 Å². The number of aromatic amines is 2. The molecule has 0 bridgehead atoms. The highest BCUT2D eigenvalue weighted by atomic mass is 35.5. The van der Waals surface area contributed by atoms with Crippen LogP contribution in [0.25, 0.3) is 22.1 Å². The summed E-state index contributed by atoms with van der Waals surface area (Å²) in [7, 11) is 3.00. The number of nitrogens with zero attached hydrogens (tertiary/aromatic N) is 2. The maximum absolute atomic E-state index is 14.9. The minimum absolute atomic E-state index is 0.0447. The summed E-state index contributed by atoms with van der Waals surface area (Å²) in [6.07, 6.45) is 4.51. The molecule has 6 rings (SSSR count). The van der Waals surface area contributed by atoms with Gasteiger partial charge in [0.05, 0.1) is 54.9 Å². The molecule has 0 spiro atoms. The highest BCUT2D eigenvalue weighted by molar-refractivity contribution is 6.37. The molecule has 6 aromatic rings. The molecule has 0 radical (unpaired) electrons. The first-order chi connectivity index (χ1) is 25.2. The van der Waals surface area contributed by atoms with Crippen molar-refractivity contribution < 1.29 is 47.1 Å². The van der Waals surface area contributed by atoms with Crippen LogP contribution in [0.4, 0.5) is 8.78 Å². The Labute approximate surface area is 305 Å². The van der Waals surface area contributed by atoms with Gasteiger partial charge in [0.25, 0.3) is 0 Å². The van der Waals surface area contributed by atoms with Gasteiger partial charge in [0.1, 0.15) is 71.9 Å². The van der Waals surface area contributed by atoms with Crippen molar-refractivity contribution in [2.24, 2.45) is 0 Å². The summed E-state index contributed by atoms with van der Waals surface area (Å²) in [5.41, 5.74) is 0.907. The highest BCUT2D eigenvalue weighted by Crippen LogP contribution is 2.39. The molecule has 4 heterocycles. The summed E-state index contributed by atoms with van der Waals surface area (Å²) < 4.78 is 62.6. The van der Waals surface area contributed by atoms with Gasteiger partial charge in [-0.3, -0.25) is 4.79 Å². The number of carbonyl (C=O) groups is 1. The summed E-state index contributed by atoms with van der Waals surface area (Å²) in [6, 6.07) is 8.29. The third-order valence-corrected chi connectivity index (χ3v) is 8.76. The van der Waals surface area contributed by atoms with Crippen LogP contribution in [0.3, 0.4) is 0 Å². The standard InChI is InChI=1S/C36H32Cl2F2N4O8/c1-47-7-10-51-27-5-3-25(39)29(31(27)37)34(46)24-18-44-36-22(24)14-20(16-42-36)50-11-8-49-9-12-52-28-6-4-26(40)30(32(28)38)33(45)23-17-43-35-21(23)13-19(48-2)15-41-35/h3-6,13-18,34,46H,7-12H2,1-2H3,(H,41,43)(H,42,44). The molecule has 4 aromatic heterocycles. The number of aromatic nitrogens is 4. The van der Waals surface area contributed by atoms with Gasteiger partial charge < -0.3 is 43.5 Å². The zero-order valence-corrected chi connectivity index (χ0v) is 29.3. The highest BCUT2D eigenvalue weighted by Gasteiger charge is 2.26. The number of pyridine rings is 2. The molecule has 52 heavy (non-hydrogen) atoms. The predicted octanol–water partition coefficient (Wildman–Crippen LogP) is 6.85. The van der Waals surface area contributed by atoms with Gasteiger partial charge in [0, 0.05) is 47.0 Å². The van der Waals surface area contributed by atoms with E-state index in [9.17, 15) is 18.7 Å². The quantitative estimate of drug-likeness (QED) is 0.0667. The van der Waals surface area contributed by atoms with E-state index < -0.39 is 23.5 Å². The molecule has 0 amide bonds. The third kappa shape index (κ3) is 7.76. The molecule has 0 saturated carbocycles.